The van der Waals surface area contributed by atoms with Gasteiger partial charge in [-0.1, -0.05) is 0 Å². The molecule has 3 rings (SSSR count). The van der Waals surface area contributed by atoms with Crippen molar-refractivity contribution in [3.8, 4) is 11.5 Å². The third-order valence-electron chi connectivity index (χ3n) is 4.37. The summed E-state index contributed by atoms with van der Waals surface area (Å²) in [6.45, 7) is 2.72. The number of rotatable bonds is 4. The fourth-order valence-electron chi connectivity index (χ4n) is 3.00. The van der Waals surface area contributed by atoms with Crippen LogP contribution in [0.25, 0.3) is 10.9 Å². The van der Waals surface area contributed by atoms with E-state index in [-0.39, 0.29) is 0 Å². The van der Waals surface area contributed by atoms with Gasteiger partial charge in [0.1, 0.15) is 12.1 Å². The zero-order valence-corrected chi connectivity index (χ0v) is 13.1. The number of nitrogens with two attached hydrogens (primary N) is 1. The summed E-state index contributed by atoms with van der Waals surface area (Å²) >= 11 is 0. The van der Waals surface area contributed by atoms with Crippen LogP contribution in [0, 0.1) is 5.92 Å². The second-order valence-electron chi connectivity index (χ2n) is 5.59. The summed E-state index contributed by atoms with van der Waals surface area (Å²) in [5, 5.41) is 0.992. The number of nitrogens with zero attached hydrogens (tertiary/aromatic N) is 3. The van der Waals surface area contributed by atoms with Crippen molar-refractivity contribution in [3.63, 3.8) is 0 Å². The molecule has 0 aliphatic carbocycles. The molecule has 22 heavy (non-hydrogen) atoms. The molecule has 0 radical (unpaired) electrons. The van der Waals surface area contributed by atoms with E-state index in [1.54, 1.807) is 20.5 Å². The molecule has 2 aromatic rings. The molecule has 118 valence electrons. The van der Waals surface area contributed by atoms with E-state index in [1.165, 1.54) is 0 Å². The van der Waals surface area contributed by atoms with Crippen molar-refractivity contribution in [2.24, 2.45) is 11.7 Å². The lowest BCUT2D eigenvalue weighted by Gasteiger charge is -2.32. The van der Waals surface area contributed by atoms with Gasteiger partial charge in [-0.25, -0.2) is 9.97 Å². The van der Waals surface area contributed by atoms with Gasteiger partial charge in [-0.05, 0) is 31.4 Å². The molecule has 1 aromatic carbocycles. The third-order valence-corrected chi connectivity index (χ3v) is 4.37. The first-order valence-electron chi connectivity index (χ1n) is 7.58. The zero-order valence-electron chi connectivity index (χ0n) is 13.1. The Bertz CT molecular complexity index is 654. The molecule has 0 saturated carbocycles. The minimum atomic E-state index is 0.624. The summed E-state index contributed by atoms with van der Waals surface area (Å²) in [6, 6.07) is 3.85. The van der Waals surface area contributed by atoms with Gasteiger partial charge in [-0.2, -0.15) is 0 Å². The predicted molar refractivity (Wildman–Crippen MR) is 86.6 cm³/mol. The average Bonchev–Trinajstić information content (AvgIpc) is 2.60. The molecule has 2 N–H and O–H groups in total. The first kappa shape index (κ1) is 14.8. The van der Waals surface area contributed by atoms with Crippen LogP contribution in [-0.4, -0.2) is 43.8 Å². The second-order valence-corrected chi connectivity index (χ2v) is 5.59. The number of hydrogen-bond acceptors (Lipinski definition) is 6. The Morgan fingerprint density at radius 2 is 1.82 bits per heavy atom. The van der Waals surface area contributed by atoms with Crippen LogP contribution < -0.4 is 20.1 Å². The molecule has 0 atom stereocenters. The Labute approximate surface area is 130 Å². The topological polar surface area (TPSA) is 73.5 Å². The highest BCUT2D eigenvalue weighted by molar-refractivity contribution is 5.92. The van der Waals surface area contributed by atoms with Gasteiger partial charge in [0.2, 0.25) is 0 Å². The largest absolute Gasteiger partial charge is 0.493 e. The molecule has 0 spiro atoms. The van der Waals surface area contributed by atoms with E-state index in [2.05, 4.69) is 14.9 Å². The van der Waals surface area contributed by atoms with Crippen molar-refractivity contribution in [1.29, 1.82) is 0 Å². The zero-order chi connectivity index (χ0) is 15.5. The van der Waals surface area contributed by atoms with E-state index in [0.29, 0.717) is 17.4 Å². The SMILES string of the molecule is COc1cc2ncnc(N3CCC(CN)CC3)c2cc1OC. The third kappa shape index (κ3) is 2.66. The quantitative estimate of drug-likeness (QED) is 0.928. The van der Waals surface area contributed by atoms with Gasteiger partial charge >= 0.3 is 0 Å². The first-order valence-corrected chi connectivity index (χ1v) is 7.58. The molecule has 1 aromatic heterocycles. The first-order chi connectivity index (χ1) is 10.8. The standard InChI is InChI=1S/C16H22N4O2/c1-21-14-7-12-13(8-15(14)22-2)18-10-19-16(12)20-5-3-11(9-17)4-6-20/h7-8,10-11H,3-6,9,17H2,1-2H3. The van der Waals surface area contributed by atoms with Gasteiger partial charge < -0.3 is 20.1 Å². The lowest BCUT2D eigenvalue weighted by Crippen LogP contribution is -2.36. The molecule has 6 heteroatoms. The molecule has 0 bridgehead atoms. The summed E-state index contributed by atoms with van der Waals surface area (Å²) in [7, 11) is 3.27. The fraction of sp³-hybridized carbons (Fsp3) is 0.500. The molecule has 0 unspecified atom stereocenters. The number of aromatic nitrogens is 2. The smallest absolute Gasteiger partial charge is 0.162 e. The molecular formula is C16H22N4O2. The summed E-state index contributed by atoms with van der Waals surface area (Å²) in [4.78, 5) is 11.2. The van der Waals surface area contributed by atoms with E-state index >= 15 is 0 Å². The number of anilines is 1. The van der Waals surface area contributed by atoms with Crippen LogP contribution in [0.15, 0.2) is 18.5 Å². The van der Waals surface area contributed by atoms with Crippen LogP contribution in [-0.2, 0) is 0 Å². The normalized spacial score (nSPS) is 16.0. The maximum absolute atomic E-state index is 5.77. The molecule has 1 saturated heterocycles. The minimum Gasteiger partial charge on any atom is -0.493 e. The van der Waals surface area contributed by atoms with Crippen LogP contribution in [0.3, 0.4) is 0 Å². The van der Waals surface area contributed by atoms with E-state index in [0.717, 1.165) is 49.2 Å². The van der Waals surface area contributed by atoms with Crippen LogP contribution >= 0.6 is 0 Å². The second kappa shape index (κ2) is 6.36. The lowest BCUT2D eigenvalue weighted by molar-refractivity contribution is 0.355. The highest BCUT2D eigenvalue weighted by Crippen LogP contribution is 2.35. The minimum absolute atomic E-state index is 0.624. The molecule has 1 aliphatic rings. The maximum Gasteiger partial charge on any atom is 0.162 e. The number of ether oxygens (including phenoxy) is 2. The molecule has 6 nitrogen and oxygen atoms in total. The molecular weight excluding hydrogens is 280 g/mol. The van der Waals surface area contributed by atoms with Gasteiger partial charge in [-0.15, -0.1) is 0 Å². The van der Waals surface area contributed by atoms with Crippen LogP contribution in [0.4, 0.5) is 5.82 Å². The number of hydrogen-bond donors (Lipinski definition) is 1. The Kier molecular flexibility index (Phi) is 4.29. The Balaban J connectivity index is 1.99. The summed E-state index contributed by atoms with van der Waals surface area (Å²) in [5.41, 5.74) is 6.64. The fourth-order valence-corrected chi connectivity index (χ4v) is 3.00. The van der Waals surface area contributed by atoms with Gasteiger partial charge in [0.25, 0.3) is 0 Å². The summed E-state index contributed by atoms with van der Waals surface area (Å²) in [6.07, 6.45) is 3.82. The summed E-state index contributed by atoms with van der Waals surface area (Å²) < 4.78 is 10.8. The Hall–Kier alpha value is -2.08. The van der Waals surface area contributed by atoms with E-state index < -0.39 is 0 Å². The van der Waals surface area contributed by atoms with Crippen molar-refractivity contribution in [2.45, 2.75) is 12.8 Å². The highest BCUT2D eigenvalue weighted by atomic mass is 16.5. The van der Waals surface area contributed by atoms with Crippen molar-refractivity contribution in [1.82, 2.24) is 9.97 Å². The van der Waals surface area contributed by atoms with Crippen molar-refractivity contribution in [2.75, 3.05) is 38.8 Å². The Morgan fingerprint density at radius 1 is 1.14 bits per heavy atom. The highest BCUT2D eigenvalue weighted by Gasteiger charge is 2.21. The number of fused-ring (bicyclic) bond motifs is 1. The summed E-state index contributed by atoms with van der Waals surface area (Å²) in [5.74, 6) is 2.96. The lowest BCUT2D eigenvalue weighted by atomic mass is 9.97. The van der Waals surface area contributed by atoms with Crippen molar-refractivity contribution >= 4 is 16.7 Å². The van der Waals surface area contributed by atoms with Crippen LogP contribution in [0.2, 0.25) is 0 Å². The van der Waals surface area contributed by atoms with E-state index in [1.807, 2.05) is 12.1 Å². The number of benzene rings is 1. The van der Waals surface area contributed by atoms with E-state index in [4.69, 9.17) is 15.2 Å². The molecule has 0 amide bonds. The number of piperidine rings is 1. The van der Waals surface area contributed by atoms with Crippen LogP contribution in [0.1, 0.15) is 12.8 Å². The average molecular weight is 302 g/mol. The van der Waals surface area contributed by atoms with Gasteiger partial charge in [0.15, 0.2) is 11.5 Å². The van der Waals surface area contributed by atoms with Crippen molar-refractivity contribution in [3.05, 3.63) is 18.5 Å². The molecule has 2 heterocycles. The van der Waals surface area contributed by atoms with E-state index in [9.17, 15) is 0 Å². The molecule has 1 aliphatic heterocycles. The van der Waals surface area contributed by atoms with Crippen molar-refractivity contribution < 1.29 is 9.47 Å². The maximum atomic E-state index is 5.77. The van der Waals surface area contributed by atoms with Gasteiger partial charge in [-0.3, -0.25) is 0 Å². The van der Waals surface area contributed by atoms with Crippen LogP contribution in [0.5, 0.6) is 11.5 Å². The van der Waals surface area contributed by atoms with Gasteiger partial charge in [0.05, 0.1) is 19.7 Å². The predicted octanol–water partition coefficient (Wildman–Crippen LogP) is 1.82. The Morgan fingerprint density at radius 3 is 2.45 bits per heavy atom. The number of methoxy groups -OCH3 is 2. The van der Waals surface area contributed by atoms with Gasteiger partial charge in [0, 0.05) is 24.5 Å². The molecule has 1 fully saturated rings. The monoisotopic (exact) mass is 302 g/mol.